The molecule has 5 rings (SSSR count). The summed E-state index contributed by atoms with van der Waals surface area (Å²) in [5, 5.41) is 16.4. The van der Waals surface area contributed by atoms with Gasteiger partial charge in [-0.1, -0.05) is 36.4 Å². The fraction of sp³-hybridized carbons (Fsp3) is 0.333. The number of aliphatic carboxylic acids is 1. The first-order valence-electron chi connectivity index (χ1n) is 13.7. The molecule has 0 spiro atoms. The average molecular weight is 559 g/mol. The van der Waals surface area contributed by atoms with Crippen LogP contribution < -0.4 is 16.4 Å². The molecule has 2 aromatic carbocycles. The Balaban J connectivity index is 1.31. The van der Waals surface area contributed by atoms with Crippen LogP contribution in [0, 0.1) is 0 Å². The molecule has 0 bridgehead atoms. The van der Waals surface area contributed by atoms with Gasteiger partial charge in [0.1, 0.15) is 18.1 Å². The maximum atomic E-state index is 13.5. The summed E-state index contributed by atoms with van der Waals surface area (Å²) in [7, 11) is 0. The quantitative estimate of drug-likeness (QED) is 0.173. The van der Waals surface area contributed by atoms with Crippen LogP contribution in [0.4, 0.5) is 0 Å². The van der Waals surface area contributed by atoms with Crippen molar-refractivity contribution in [3.8, 4) is 0 Å². The van der Waals surface area contributed by atoms with Crippen molar-refractivity contribution in [3.05, 3.63) is 72.1 Å². The number of rotatable bonds is 10. The summed E-state index contributed by atoms with van der Waals surface area (Å²) < 4.78 is 0. The number of para-hydroxylation sites is 2. The lowest BCUT2D eigenvalue weighted by Crippen LogP contribution is -2.57. The number of amides is 3. The van der Waals surface area contributed by atoms with E-state index in [-0.39, 0.29) is 12.3 Å². The summed E-state index contributed by atoms with van der Waals surface area (Å²) in [5.74, 6) is -2.61. The van der Waals surface area contributed by atoms with Crippen LogP contribution in [-0.4, -0.2) is 74.4 Å². The molecule has 1 saturated heterocycles. The van der Waals surface area contributed by atoms with Gasteiger partial charge in [-0.3, -0.25) is 19.2 Å². The number of fused-ring (bicyclic) bond motifs is 2. The number of carbonyl (C=O) groups excluding carboxylic acids is 3. The molecule has 1 aliphatic rings. The second-order valence-electron chi connectivity index (χ2n) is 10.6. The van der Waals surface area contributed by atoms with Gasteiger partial charge < -0.3 is 36.3 Å². The number of carbonyl (C=O) groups is 4. The van der Waals surface area contributed by atoms with E-state index < -0.39 is 42.0 Å². The summed E-state index contributed by atoms with van der Waals surface area (Å²) in [6.45, 7) is 1.74. The zero-order chi connectivity index (χ0) is 29.1. The average Bonchev–Trinajstić information content (AvgIpc) is 3.71. The zero-order valence-corrected chi connectivity index (χ0v) is 22.7. The lowest BCUT2D eigenvalue weighted by Gasteiger charge is -2.28. The molecule has 0 aliphatic carbocycles. The number of nitrogens with two attached hydrogens (primary N) is 1. The van der Waals surface area contributed by atoms with Crippen molar-refractivity contribution in [2.75, 3.05) is 6.54 Å². The maximum Gasteiger partial charge on any atom is 0.325 e. The summed E-state index contributed by atoms with van der Waals surface area (Å²) in [4.78, 5) is 59.4. The molecule has 0 radical (unpaired) electrons. The molecule has 7 N–H and O–H groups in total. The summed E-state index contributed by atoms with van der Waals surface area (Å²) in [6, 6.07) is 11.5. The van der Waals surface area contributed by atoms with Crippen molar-refractivity contribution in [1.29, 1.82) is 0 Å². The minimum Gasteiger partial charge on any atom is -0.480 e. The number of hydrogen-bond acceptors (Lipinski definition) is 5. The molecule has 4 atom stereocenters. The zero-order valence-electron chi connectivity index (χ0n) is 22.7. The Labute approximate surface area is 236 Å². The van der Waals surface area contributed by atoms with Crippen LogP contribution in [-0.2, 0) is 32.0 Å². The smallest absolute Gasteiger partial charge is 0.325 e. The fourth-order valence-electron chi connectivity index (χ4n) is 5.51. The van der Waals surface area contributed by atoms with E-state index >= 15 is 0 Å². The van der Waals surface area contributed by atoms with E-state index in [1.807, 2.05) is 54.7 Å². The van der Waals surface area contributed by atoms with E-state index in [0.717, 1.165) is 32.9 Å². The third-order valence-electron chi connectivity index (χ3n) is 7.73. The van der Waals surface area contributed by atoms with Crippen LogP contribution in [0.25, 0.3) is 21.8 Å². The standard InChI is InChI=1S/C30H34N6O5/c1-17(30(40)41)34-27(37)25(14-19-16-33-24-10-5-3-8-21(19)24)35-28(38)26-11-6-12-36(26)29(39)22(31)13-18-15-32-23-9-4-2-7-20(18)23/h2-5,7-10,15-17,22,25-26,32-33H,6,11-14,31H2,1H3,(H,34,37)(H,35,38)(H,40,41). The molecule has 3 heterocycles. The molecule has 4 unspecified atom stereocenters. The maximum absolute atomic E-state index is 13.5. The first kappa shape index (κ1) is 27.9. The summed E-state index contributed by atoms with van der Waals surface area (Å²) >= 11 is 0. The fourth-order valence-corrected chi connectivity index (χ4v) is 5.51. The van der Waals surface area contributed by atoms with Gasteiger partial charge in [0, 0.05) is 47.2 Å². The number of carboxylic acid groups (broad SMARTS) is 1. The van der Waals surface area contributed by atoms with Gasteiger partial charge in [-0.25, -0.2) is 0 Å². The van der Waals surface area contributed by atoms with Gasteiger partial charge >= 0.3 is 5.97 Å². The molecule has 1 fully saturated rings. The van der Waals surface area contributed by atoms with Crippen LogP contribution in [0.5, 0.6) is 0 Å². The number of hydrogen-bond donors (Lipinski definition) is 6. The van der Waals surface area contributed by atoms with Crippen molar-refractivity contribution < 1.29 is 24.3 Å². The Kier molecular flexibility index (Phi) is 8.06. The molecule has 11 nitrogen and oxygen atoms in total. The summed E-state index contributed by atoms with van der Waals surface area (Å²) in [6.07, 6.45) is 5.12. The molecule has 11 heteroatoms. The van der Waals surface area contributed by atoms with Crippen molar-refractivity contribution in [2.45, 2.75) is 56.8 Å². The van der Waals surface area contributed by atoms with Gasteiger partial charge in [-0.2, -0.15) is 0 Å². The van der Waals surface area contributed by atoms with Crippen LogP contribution in [0.3, 0.4) is 0 Å². The topological polar surface area (TPSA) is 173 Å². The Morgan fingerprint density at radius 1 is 0.951 bits per heavy atom. The van der Waals surface area contributed by atoms with Crippen LogP contribution in [0.1, 0.15) is 30.9 Å². The van der Waals surface area contributed by atoms with Crippen LogP contribution >= 0.6 is 0 Å². The van der Waals surface area contributed by atoms with Crippen molar-refractivity contribution in [1.82, 2.24) is 25.5 Å². The largest absolute Gasteiger partial charge is 0.480 e. The van der Waals surface area contributed by atoms with Gasteiger partial charge in [-0.15, -0.1) is 0 Å². The molecule has 2 aromatic heterocycles. The lowest BCUT2D eigenvalue weighted by atomic mass is 10.0. The van der Waals surface area contributed by atoms with Crippen LogP contribution in [0.2, 0.25) is 0 Å². The Morgan fingerprint density at radius 3 is 2.15 bits per heavy atom. The first-order chi connectivity index (χ1) is 19.7. The Bertz CT molecular complexity index is 1590. The number of likely N-dealkylation sites (tertiary alicyclic amines) is 1. The second kappa shape index (κ2) is 11.8. The minimum atomic E-state index is -1.19. The van der Waals surface area contributed by atoms with E-state index in [9.17, 15) is 24.3 Å². The molecule has 3 amide bonds. The van der Waals surface area contributed by atoms with Gasteiger partial charge in [0.05, 0.1) is 6.04 Å². The Morgan fingerprint density at radius 2 is 1.54 bits per heavy atom. The monoisotopic (exact) mass is 558 g/mol. The van der Waals surface area contributed by atoms with E-state index in [0.29, 0.717) is 25.8 Å². The highest BCUT2D eigenvalue weighted by molar-refractivity contribution is 5.95. The molecular formula is C30H34N6O5. The number of aromatic nitrogens is 2. The third-order valence-corrected chi connectivity index (χ3v) is 7.73. The van der Waals surface area contributed by atoms with E-state index in [4.69, 9.17) is 5.73 Å². The van der Waals surface area contributed by atoms with Gasteiger partial charge in [-0.05, 0) is 49.4 Å². The van der Waals surface area contributed by atoms with E-state index in [1.165, 1.54) is 11.8 Å². The predicted molar refractivity (Wildman–Crippen MR) is 154 cm³/mol. The van der Waals surface area contributed by atoms with Gasteiger partial charge in [0.2, 0.25) is 17.7 Å². The molecule has 41 heavy (non-hydrogen) atoms. The van der Waals surface area contributed by atoms with Crippen molar-refractivity contribution in [2.24, 2.45) is 5.73 Å². The number of aromatic amines is 2. The lowest BCUT2D eigenvalue weighted by molar-refractivity contribution is -0.142. The third kappa shape index (κ3) is 5.94. The first-order valence-corrected chi connectivity index (χ1v) is 13.7. The molecular weight excluding hydrogens is 524 g/mol. The normalized spacial score (nSPS) is 17.3. The number of carboxylic acids is 1. The second-order valence-corrected chi connectivity index (χ2v) is 10.6. The molecule has 4 aromatic rings. The molecule has 1 aliphatic heterocycles. The Hall–Kier alpha value is -4.64. The van der Waals surface area contributed by atoms with Gasteiger partial charge in [0.15, 0.2) is 0 Å². The predicted octanol–water partition coefficient (Wildman–Crippen LogP) is 1.83. The highest BCUT2D eigenvalue weighted by Gasteiger charge is 2.38. The van der Waals surface area contributed by atoms with Crippen molar-refractivity contribution >= 4 is 45.5 Å². The number of nitrogens with zero attached hydrogens (tertiary/aromatic N) is 1. The number of benzene rings is 2. The van der Waals surface area contributed by atoms with E-state index in [1.54, 1.807) is 6.20 Å². The molecule has 214 valence electrons. The number of H-pyrrole nitrogens is 2. The highest BCUT2D eigenvalue weighted by atomic mass is 16.4. The number of nitrogens with one attached hydrogen (secondary N) is 4. The minimum absolute atomic E-state index is 0.134. The SMILES string of the molecule is CC(NC(=O)C(Cc1c[nH]c2ccccc12)NC(=O)C1CCCN1C(=O)C(N)Cc1c[nH]c2ccccc12)C(=O)O. The van der Waals surface area contributed by atoms with Crippen LogP contribution in [0.15, 0.2) is 60.9 Å². The van der Waals surface area contributed by atoms with Crippen molar-refractivity contribution in [3.63, 3.8) is 0 Å². The molecule has 0 saturated carbocycles. The van der Waals surface area contributed by atoms with Gasteiger partial charge in [0.25, 0.3) is 0 Å². The highest BCUT2D eigenvalue weighted by Crippen LogP contribution is 2.23. The van der Waals surface area contributed by atoms with E-state index in [2.05, 4.69) is 20.6 Å². The summed E-state index contributed by atoms with van der Waals surface area (Å²) in [5.41, 5.74) is 9.91.